The number of ether oxygens (including phenoxy) is 2. The van der Waals surface area contributed by atoms with E-state index < -0.39 is 46.3 Å². The number of benzene rings is 3. The van der Waals surface area contributed by atoms with Crippen molar-refractivity contribution in [1.29, 1.82) is 0 Å². The van der Waals surface area contributed by atoms with Gasteiger partial charge in [0.2, 0.25) is 11.2 Å². The van der Waals surface area contributed by atoms with Gasteiger partial charge in [0.25, 0.3) is 0 Å². The molecular weight excluding hydrogens is 472 g/mol. The van der Waals surface area contributed by atoms with Gasteiger partial charge in [0.1, 0.15) is 22.5 Å². The summed E-state index contributed by atoms with van der Waals surface area (Å²) in [5.74, 6) is -4.50. The molecule has 0 aliphatic carbocycles. The summed E-state index contributed by atoms with van der Waals surface area (Å²) in [5.41, 5.74) is 0.148. The van der Waals surface area contributed by atoms with Crippen molar-refractivity contribution < 1.29 is 43.9 Å². The van der Waals surface area contributed by atoms with Crippen LogP contribution in [-0.2, 0) is 9.53 Å². The molecule has 0 bridgehead atoms. The summed E-state index contributed by atoms with van der Waals surface area (Å²) in [6.07, 6.45) is -0.135. The average molecular weight is 490 g/mol. The standard InChI is InChI=1S/C26H18O10/c1-34-26(33)12-4-2-11(3-5-12)14-9-19(30)35-18-10-17(29)21-22(31)23(32)24(36-25(21)20(14)18)13-6-7-15(27)16(28)8-13/h2-8,10,14,27-29,32H,9H2,1H3/t14-/m1/s1. The molecule has 2 heterocycles. The second kappa shape index (κ2) is 8.35. The Morgan fingerprint density at radius 3 is 2.33 bits per heavy atom. The molecule has 4 N–H and O–H groups in total. The van der Waals surface area contributed by atoms with Crippen LogP contribution in [-0.4, -0.2) is 39.5 Å². The average Bonchev–Trinajstić information content (AvgIpc) is 2.86. The second-order valence-electron chi connectivity index (χ2n) is 8.17. The summed E-state index contributed by atoms with van der Waals surface area (Å²) in [6.45, 7) is 0. The van der Waals surface area contributed by atoms with Crippen LogP contribution < -0.4 is 10.2 Å². The van der Waals surface area contributed by atoms with Gasteiger partial charge >= 0.3 is 11.9 Å². The topological polar surface area (TPSA) is 164 Å². The normalized spacial score (nSPS) is 14.8. The highest BCUT2D eigenvalue weighted by Crippen LogP contribution is 2.47. The third-order valence-corrected chi connectivity index (χ3v) is 6.04. The van der Waals surface area contributed by atoms with Gasteiger partial charge < -0.3 is 34.3 Å². The van der Waals surface area contributed by atoms with Crippen LogP contribution in [0, 0.1) is 0 Å². The fourth-order valence-electron chi connectivity index (χ4n) is 4.30. The Hall–Kier alpha value is -4.99. The molecule has 0 amide bonds. The van der Waals surface area contributed by atoms with E-state index >= 15 is 0 Å². The minimum absolute atomic E-state index is 0.0355. The first-order valence-corrected chi connectivity index (χ1v) is 10.7. The number of carbonyl (C=O) groups excluding carboxylic acids is 2. The zero-order valence-electron chi connectivity index (χ0n) is 18.6. The number of rotatable bonds is 3. The van der Waals surface area contributed by atoms with Crippen molar-refractivity contribution in [2.24, 2.45) is 0 Å². The minimum Gasteiger partial charge on any atom is -0.507 e. The van der Waals surface area contributed by atoms with Crippen molar-refractivity contribution in [2.45, 2.75) is 12.3 Å². The molecular formula is C26H18O10. The molecule has 0 saturated carbocycles. The smallest absolute Gasteiger partial charge is 0.337 e. The maximum atomic E-state index is 13.1. The predicted octanol–water partition coefficient (Wildman–Crippen LogP) is 3.51. The summed E-state index contributed by atoms with van der Waals surface area (Å²) in [4.78, 5) is 37.3. The van der Waals surface area contributed by atoms with E-state index in [1.165, 1.54) is 25.3 Å². The summed E-state index contributed by atoms with van der Waals surface area (Å²) >= 11 is 0. The number of hydrogen-bond donors (Lipinski definition) is 4. The number of phenolic OH excluding ortho intramolecular Hbond substituents is 3. The molecule has 0 fully saturated rings. The van der Waals surface area contributed by atoms with Crippen molar-refractivity contribution >= 4 is 22.9 Å². The molecule has 1 aliphatic rings. The van der Waals surface area contributed by atoms with Crippen LogP contribution >= 0.6 is 0 Å². The van der Waals surface area contributed by atoms with E-state index in [2.05, 4.69) is 0 Å². The molecule has 36 heavy (non-hydrogen) atoms. The van der Waals surface area contributed by atoms with Crippen LogP contribution in [0.4, 0.5) is 0 Å². The molecule has 10 nitrogen and oxygen atoms in total. The highest BCUT2D eigenvalue weighted by atomic mass is 16.5. The number of hydrogen-bond acceptors (Lipinski definition) is 10. The van der Waals surface area contributed by atoms with Crippen molar-refractivity contribution in [3.05, 3.63) is 75.4 Å². The molecule has 1 aromatic heterocycles. The van der Waals surface area contributed by atoms with Gasteiger partial charge in [-0.25, -0.2) is 4.79 Å². The van der Waals surface area contributed by atoms with Crippen LogP contribution in [0.25, 0.3) is 22.3 Å². The molecule has 0 radical (unpaired) electrons. The largest absolute Gasteiger partial charge is 0.507 e. The molecule has 0 unspecified atom stereocenters. The molecule has 4 aromatic rings. The predicted molar refractivity (Wildman–Crippen MR) is 124 cm³/mol. The lowest BCUT2D eigenvalue weighted by atomic mass is 9.84. The molecule has 1 atom stereocenters. The first-order chi connectivity index (χ1) is 17.2. The number of carbonyl (C=O) groups is 2. The van der Waals surface area contributed by atoms with E-state index in [0.29, 0.717) is 11.1 Å². The number of methoxy groups -OCH3 is 1. The first kappa shape index (κ1) is 22.8. The van der Waals surface area contributed by atoms with Gasteiger partial charge in [-0.05, 0) is 35.9 Å². The summed E-state index contributed by atoms with van der Waals surface area (Å²) in [5, 5.41) is 40.3. The number of aromatic hydroxyl groups is 4. The van der Waals surface area contributed by atoms with Crippen LogP contribution in [0.3, 0.4) is 0 Å². The molecule has 0 spiro atoms. The molecule has 10 heteroatoms. The van der Waals surface area contributed by atoms with Gasteiger partial charge in [0.15, 0.2) is 17.3 Å². The van der Waals surface area contributed by atoms with Crippen LogP contribution in [0.1, 0.15) is 33.8 Å². The molecule has 5 rings (SSSR count). The zero-order valence-corrected chi connectivity index (χ0v) is 18.6. The third kappa shape index (κ3) is 3.56. The molecule has 0 saturated heterocycles. The van der Waals surface area contributed by atoms with Gasteiger partial charge in [0.05, 0.1) is 19.1 Å². The van der Waals surface area contributed by atoms with Gasteiger partial charge in [-0.2, -0.15) is 0 Å². The van der Waals surface area contributed by atoms with Gasteiger partial charge in [-0.15, -0.1) is 0 Å². The van der Waals surface area contributed by atoms with Crippen LogP contribution in [0.5, 0.6) is 28.7 Å². The van der Waals surface area contributed by atoms with E-state index in [9.17, 15) is 34.8 Å². The van der Waals surface area contributed by atoms with E-state index in [1.807, 2.05) is 0 Å². The molecule has 3 aromatic carbocycles. The lowest BCUT2D eigenvalue weighted by molar-refractivity contribution is -0.135. The quantitative estimate of drug-likeness (QED) is 0.190. The highest BCUT2D eigenvalue weighted by molar-refractivity contribution is 5.94. The SMILES string of the molecule is COC(=O)c1ccc([C@H]2CC(=O)Oc3cc(O)c4c(=O)c(O)c(-c5ccc(O)c(O)c5)oc4c32)cc1. The third-order valence-electron chi connectivity index (χ3n) is 6.04. The Balaban J connectivity index is 1.78. The highest BCUT2D eigenvalue weighted by Gasteiger charge is 2.34. The fraction of sp³-hybridized carbons (Fsp3) is 0.115. The first-order valence-electron chi connectivity index (χ1n) is 10.7. The Labute approximate surface area is 202 Å². The monoisotopic (exact) mass is 490 g/mol. The van der Waals surface area contributed by atoms with Crippen LogP contribution in [0.2, 0.25) is 0 Å². The van der Waals surface area contributed by atoms with E-state index in [0.717, 1.165) is 18.2 Å². The van der Waals surface area contributed by atoms with Gasteiger partial charge in [-0.1, -0.05) is 12.1 Å². The lowest BCUT2D eigenvalue weighted by Crippen LogP contribution is -2.22. The molecule has 1 aliphatic heterocycles. The fourth-order valence-corrected chi connectivity index (χ4v) is 4.30. The number of esters is 2. The maximum absolute atomic E-state index is 13.1. The van der Waals surface area contributed by atoms with Crippen LogP contribution in [0.15, 0.2) is 57.7 Å². The summed E-state index contributed by atoms with van der Waals surface area (Å²) < 4.78 is 16.0. The van der Waals surface area contributed by atoms with Crippen molar-refractivity contribution in [1.82, 2.24) is 0 Å². The lowest BCUT2D eigenvalue weighted by Gasteiger charge is -2.26. The zero-order chi connectivity index (χ0) is 25.7. The Morgan fingerprint density at radius 1 is 0.944 bits per heavy atom. The van der Waals surface area contributed by atoms with Crippen molar-refractivity contribution in [2.75, 3.05) is 7.11 Å². The minimum atomic E-state index is -0.948. The second-order valence-corrected chi connectivity index (χ2v) is 8.17. The number of fused-ring (bicyclic) bond motifs is 3. The Morgan fingerprint density at radius 2 is 1.67 bits per heavy atom. The number of phenols is 3. The van der Waals surface area contributed by atoms with Crippen molar-refractivity contribution in [3.63, 3.8) is 0 Å². The van der Waals surface area contributed by atoms with Crippen molar-refractivity contribution in [3.8, 4) is 40.1 Å². The van der Waals surface area contributed by atoms with E-state index in [1.54, 1.807) is 12.1 Å². The van der Waals surface area contributed by atoms with E-state index in [-0.39, 0.29) is 40.0 Å². The Kier molecular flexibility index (Phi) is 5.28. The summed E-state index contributed by atoms with van der Waals surface area (Å²) in [6, 6.07) is 11.0. The Bertz CT molecular complexity index is 1620. The summed E-state index contributed by atoms with van der Waals surface area (Å²) in [7, 11) is 1.26. The van der Waals surface area contributed by atoms with E-state index in [4.69, 9.17) is 13.9 Å². The molecule has 182 valence electrons. The van der Waals surface area contributed by atoms with Gasteiger partial charge in [0, 0.05) is 23.1 Å². The van der Waals surface area contributed by atoms with Gasteiger partial charge in [-0.3, -0.25) is 9.59 Å². The maximum Gasteiger partial charge on any atom is 0.337 e.